The van der Waals surface area contributed by atoms with Crippen molar-refractivity contribution in [2.24, 2.45) is 5.92 Å². The Bertz CT molecular complexity index is 85.1. The first-order valence-corrected chi connectivity index (χ1v) is 3.93. The molecule has 0 rings (SSSR count). The summed E-state index contributed by atoms with van der Waals surface area (Å²) in [6.45, 7) is 6.10. The van der Waals surface area contributed by atoms with Crippen molar-refractivity contribution in [3.8, 4) is 0 Å². The molecule has 9 heavy (non-hydrogen) atoms. The van der Waals surface area contributed by atoms with Crippen LogP contribution in [0.15, 0.2) is 0 Å². The van der Waals surface area contributed by atoms with E-state index in [0.717, 1.165) is 6.42 Å². The molecule has 0 aliphatic rings. The summed E-state index contributed by atoms with van der Waals surface area (Å²) in [5.41, 5.74) is 0. The fourth-order valence-electron chi connectivity index (χ4n) is 0.504. The highest BCUT2D eigenvalue weighted by molar-refractivity contribution is 7.17. The predicted octanol–water partition coefficient (Wildman–Crippen LogP) is 2.64. The van der Waals surface area contributed by atoms with Crippen LogP contribution in [-0.2, 0) is 9.09 Å². The largest absolute Gasteiger partial charge is 0.327 e. The van der Waals surface area contributed by atoms with Crippen molar-refractivity contribution in [2.75, 3.05) is 0 Å². The summed E-state index contributed by atoms with van der Waals surface area (Å²) in [6, 6.07) is 0. The van der Waals surface area contributed by atoms with Gasteiger partial charge in [-0.25, -0.2) is 4.57 Å². The van der Waals surface area contributed by atoms with Gasteiger partial charge >= 0.3 is 8.69 Å². The monoisotopic (exact) mass is 148 g/mol. The Hall–Kier alpha value is 0.0600. The molecule has 0 heterocycles. The molecule has 0 aliphatic heterocycles. The second kappa shape index (κ2) is 4.89. The average molecular weight is 148 g/mol. The standard InChI is InChI=1S/C6H13O2P/c1-4-5(2)6(3)8-9-7/h5-6H,4H2,1-3H3. The van der Waals surface area contributed by atoms with Gasteiger partial charge in [0.15, 0.2) is 0 Å². The number of rotatable bonds is 4. The van der Waals surface area contributed by atoms with Gasteiger partial charge in [0.25, 0.3) is 0 Å². The van der Waals surface area contributed by atoms with Crippen molar-refractivity contribution in [1.82, 2.24) is 0 Å². The Morgan fingerprint density at radius 3 is 2.44 bits per heavy atom. The third-order valence-electron chi connectivity index (χ3n) is 1.65. The molecule has 0 spiro atoms. The maximum Gasteiger partial charge on any atom is 0.327 e. The molecule has 0 saturated carbocycles. The van der Waals surface area contributed by atoms with Crippen LogP contribution in [-0.4, -0.2) is 6.10 Å². The average Bonchev–Trinajstić information content (AvgIpc) is 1.87. The first-order valence-electron chi connectivity index (χ1n) is 3.20. The van der Waals surface area contributed by atoms with Gasteiger partial charge in [0.2, 0.25) is 0 Å². The highest BCUT2D eigenvalue weighted by Gasteiger charge is 2.09. The molecule has 0 aromatic heterocycles. The molecule has 2 atom stereocenters. The maximum absolute atomic E-state index is 9.91. The van der Waals surface area contributed by atoms with Crippen molar-refractivity contribution in [3.63, 3.8) is 0 Å². The van der Waals surface area contributed by atoms with E-state index in [1.165, 1.54) is 0 Å². The van der Waals surface area contributed by atoms with Crippen molar-refractivity contribution in [2.45, 2.75) is 33.3 Å². The molecule has 0 fully saturated rings. The van der Waals surface area contributed by atoms with Gasteiger partial charge < -0.3 is 0 Å². The Balaban J connectivity index is 3.44. The van der Waals surface area contributed by atoms with Crippen LogP contribution in [0.2, 0.25) is 0 Å². The zero-order chi connectivity index (χ0) is 7.28. The van der Waals surface area contributed by atoms with Crippen LogP contribution in [0.4, 0.5) is 0 Å². The van der Waals surface area contributed by atoms with Crippen LogP contribution in [0.25, 0.3) is 0 Å². The highest BCUT2D eigenvalue weighted by Crippen LogP contribution is 2.14. The van der Waals surface area contributed by atoms with Crippen LogP contribution >= 0.6 is 8.69 Å². The first-order chi connectivity index (χ1) is 4.22. The van der Waals surface area contributed by atoms with E-state index in [2.05, 4.69) is 13.8 Å². The smallest absolute Gasteiger partial charge is 0.291 e. The summed E-state index contributed by atoms with van der Waals surface area (Å²) in [7, 11) is -0.206. The van der Waals surface area contributed by atoms with E-state index in [1.54, 1.807) is 0 Å². The quantitative estimate of drug-likeness (QED) is 0.573. The van der Waals surface area contributed by atoms with E-state index in [0.29, 0.717) is 5.92 Å². The lowest BCUT2D eigenvalue weighted by Crippen LogP contribution is -2.12. The van der Waals surface area contributed by atoms with Gasteiger partial charge in [-0.05, 0) is 12.8 Å². The lowest BCUT2D eigenvalue weighted by molar-refractivity contribution is 0.176. The molecular weight excluding hydrogens is 135 g/mol. The zero-order valence-corrected chi connectivity index (χ0v) is 7.02. The van der Waals surface area contributed by atoms with Gasteiger partial charge in [-0.15, -0.1) is 0 Å². The molecule has 0 radical (unpaired) electrons. The van der Waals surface area contributed by atoms with Gasteiger partial charge in [0, 0.05) is 0 Å². The summed E-state index contributed by atoms with van der Waals surface area (Å²) >= 11 is 0. The number of hydrogen-bond donors (Lipinski definition) is 0. The minimum absolute atomic E-state index is 0.106. The van der Waals surface area contributed by atoms with Crippen molar-refractivity contribution in [3.05, 3.63) is 0 Å². The zero-order valence-electron chi connectivity index (χ0n) is 6.13. The first kappa shape index (κ1) is 9.06. The lowest BCUT2D eigenvalue weighted by atomic mass is 10.0. The summed E-state index contributed by atoms with van der Waals surface area (Å²) in [5.74, 6) is 0.492. The molecule has 0 bridgehead atoms. The van der Waals surface area contributed by atoms with Crippen LogP contribution < -0.4 is 0 Å². The fraction of sp³-hybridized carbons (Fsp3) is 1.00. The van der Waals surface area contributed by atoms with Crippen LogP contribution in [0.3, 0.4) is 0 Å². The summed E-state index contributed by atoms with van der Waals surface area (Å²) in [5, 5.41) is 0. The molecule has 0 amide bonds. The Morgan fingerprint density at radius 2 is 2.11 bits per heavy atom. The molecule has 0 aromatic rings. The molecule has 54 valence electrons. The Labute approximate surface area is 57.9 Å². The summed E-state index contributed by atoms with van der Waals surface area (Å²) in [6.07, 6.45) is 1.17. The molecule has 0 aliphatic carbocycles. The predicted molar refractivity (Wildman–Crippen MR) is 37.6 cm³/mol. The van der Waals surface area contributed by atoms with Crippen molar-refractivity contribution in [1.29, 1.82) is 0 Å². The molecule has 0 N–H and O–H groups in total. The van der Waals surface area contributed by atoms with E-state index in [4.69, 9.17) is 4.52 Å². The minimum atomic E-state index is -0.206. The van der Waals surface area contributed by atoms with E-state index in [9.17, 15) is 4.57 Å². The fourth-order valence-corrected chi connectivity index (χ4v) is 0.847. The molecule has 3 heteroatoms. The highest BCUT2D eigenvalue weighted by atomic mass is 31.1. The van der Waals surface area contributed by atoms with Crippen molar-refractivity contribution >= 4 is 8.69 Å². The second-order valence-electron chi connectivity index (χ2n) is 2.27. The van der Waals surface area contributed by atoms with Gasteiger partial charge in [-0.3, -0.25) is 4.52 Å². The third kappa shape index (κ3) is 3.61. The Morgan fingerprint density at radius 1 is 1.56 bits per heavy atom. The second-order valence-corrected chi connectivity index (χ2v) is 2.63. The SMILES string of the molecule is CCC(C)C(C)OP=O. The summed E-state index contributed by atoms with van der Waals surface area (Å²) in [4.78, 5) is 0. The van der Waals surface area contributed by atoms with Gasteiger partial charge in [-0.2, -0.15) is 0 Å². The van der Waals surface area contributed by atoms with E-state index in [-0.39, 0.29) is 14.8 Å². The van der Waals surface area contributed by atoms with Crippen LogP contribution in [0.5, 0.6) is 0 Å². The van der Waals surface area contributed by atoms with Crippen LogP contribution in [0.1, 0.15) is 27.2 Å². The van der Waals surface area contributed by atoms with E-state index in [1.807, 2.05) is 6.92 Å². The van der Waals surface area contributed by atoms with Gasteiger partial charge in [-0.1, -0.05) is 20.3 Å². The molecule has 2 nitrogen and oxygen atoms in total. The summed E-state index contributed by atoms with van der Waals surface area (Å²) < 4.78 is 14.7. The molecule has 2 unspecified atom stereocenters. The lowest BCUT2D eigenvalue weighted by Gasteiger charge is -2.13. The third-order valence-corrected chi connectivity index (χ3v) is 2.07. The normalized spacial score (nSPS) is 17.7. The topological polar surface area (TPSA) is 26.3 Å². The molecule has 0 aromatic carbocycles. The van der Waals surface area contributed by atoms with Crippen molar-refractivity contribution < 1.29 is 9.09 Å². The molecule has 0 saturated heterocycles. The van der Waals surface area contributed by atoms with Crippen LogP contribution in [0, 0.1) is 5.92 Å². The minimum Gasteiger partial charge on any atom is -0.291 e. The van der Waals surface area contributed by atoms with Gasteiger partial charge in [0.05, 0.1) is 6.10 Å². The van der Waals surface area contributed by atoms with E-state index >= 15 is 0 Å². The number of hydrogen-bond acceptors (Lipinski definition) is 2. The van der Waals surface area contributed by atoms with E-state index < -0.39 is 0 Å². The molecular formula is C6H13O2P. The maximum atomic E-state index is 9.91. The van der Waals surface area contributed by atoms with Gasteiger partial charge in [0.1, 0.15) is 0 Å². The Kier molecular flexibility index (Phi) is 4.93.